The second-order valence-electron chi connectivity index (χ2n) is 11.2. The summed E-state index contributed by atoms with van der Waals surface area (Å²) in [5, 5.41) is 4.23. The number of amides is 4. The second kappa shape index (κ2) is 11.2. The summed E-state index contributed by atoms with van der Waals surface area (Å²) in [4.78, 5) is 54.3. The van der Waals surface area contributed by atoms with Crippen molar-refractivity contribution < 1.29 is 29.8 Å². The molecule has 0 bridgehead atoms. The lowest BCUT2D eigenvalue weighted by Crippen LogP contribution is -2.96. The predicted molar refractivity (Wildman–Crippen MR) is 135 cm³/mol. The van der Waals surface area contributed by atoms with Crippen LogP contribution in [0.2, 0.25) is 0 Å². The summed E-state index contributed by atoms with van der Waals surface area (Å²) in [6.07, 6.45) is 14.6. The fourth-order valence-corrected chi connectivity index (χ4v) is 6.57. The van der Waals surface area contributed by atoms with Crippen molar-refractivity contribution in [2.45, 2.75) is 114 Å². The van der Waals surface area contributed by atoms with Crippen molar-refractivity contribution in [3.63, 3.8) is 0 Å². The molecule has 2 atom stereocenters. The molecular formula is C28H40N4O4+2. The van der Waals surface area contributed by atoms with Gasteiger partial charge >= 0.3 is 0 Å². The highest BCUT2D eigenvalue weighted by atomic mass is 16.2. The molecule has 1 aromatic carbocycles. The number of quaternary nitrogens is 2. The van der Waals surface area contributed by atoms with Crippen LogP contribution in [0.1, 0.15) is 89.9 Å². The number of nitrogens with two attached hydrogens (primary N) is 2. The molecule has 4 N–H and O–H groups in total. The molecule has 5 rings (SSSR count). The Morgan fingerprint density at radius 2 is 0.861 bits per heavy atom. The third-order valence-electron chi connectivity index (χ3n) is 8.54. The summed E-state index contributed by atoms with van der Waals surface area (Å²) in [5.41, 5.74) is 1.01. The van der Waals surface area contributed by atoms with Gasteiger partial charge in [-0.1, -0.05) is 25.7 Å². The molecule has 4 aliphatic rings. The molecule has 0 radical (unpaired) electrons. The maximum Gasteiger partial charge on any atom is 0.292 e. The van der Waals surface area contributed by atoms with Crippen LogP contribution in [0.3, 0.4) is 0 Å². The molecule has 4 amide bonds. The Kier molecular flexibility index (Phi) is 7.82. The van der Waals surface area contributed by atoms with Gasteiger partial charge in [-0.05, 0) is 75.6 Å². The van der Waals surface area contributed by atoms with Crippen LogP contribution in [-0.4, -0.2) is 47.8 Å². The second-order valence-corrected chi connectivity index (χ2v) is 11.2. The Morgan fingerprint density at radius 3 is 1.19 bits per heavy atom. The number of benzene rings is 1. The maximum absolute atomic E-state index is 13.1. The van der Waals surface area contributed by atoms with E-state index in [-0.39, 0.29) is 48.6 Å². The van der Waals surface area contributed by atoms with Crippen LogP contribution in [-0.2, 0) is 19.2 Å². The van der Waals surface area contributed by atoms with E-state index < -0.39 is 0 Å². The first-order valence-electron chi connectivity index (χ1n) is 14.0. The molecule has 0 unspecified atom stereocenters. The molecule has 4 fully saturated rings. The standard InChI is InChI=1S/C28H38N4O4/c33-25-17-23(29-19-9-5-1-2-6-10-19)27(35)31(25)21-13-15-22(16-14-21)32-26(34)18-24(28(32)36)30-20-11-7-3-4-8-12-20/h13-16,19-20,23-24,29-30H,1-12,17-18H2/p+2/t23-,24+. The fourth-order valence-electron chi connectivity index (χ4n) is 6.57. The van der Waals surface area contributed by atoms with Gasteiger partial charge in [0, 0.05) is 0 Å². The Hall–Kier alpha value is -2.58. The molecule has 36 heavy (non-hydrogen) atoms. The van der Waals surface area contributed by atoms with Gasteiger partial charge in [-0.25, -0.2) is 9.80 Å². The molecular weight excluding hydrogens is 456 g/mol. The zero-order chi connectivity index (χ0) is 25.1. The summed E-state index contributed by atoms with van der Waals surface area (Å²) in [6, 6.07) is 6.83. The lowest BCUT2D eigenvalue weighted by molar-refractivity contribution is -0.709. The number of rotatable bonds is 6. The zero-order valence-electron chi connectivity index (χ0n) is 21.2. The van der Waals surface area contributed by atoms with Crippen molar-refractivity contribution in [3.8, 4) is 0 Å². The lowest BCUT2D eigenvalue weighted by atomic mass is 10.1. The average molecular weight is 497 g/mol. The van der Waals surface area contributed by atoms with Gasteiger partial charge in [0.2, 0.25) is 11.8 Å². The third kappa shape index (κ3) is 5.39. The van der Waals surface area contributed by atoms with E-state index in [1.807, 2.05) is 0 Å². The molecule has 0 spiro atoms. The molecule has 8 heteroatoms. The number of nitrogens with zero attached hydrogens (tertiary/aromatic N) is 2. The van der Waals surface area contributed by atoms with E-state index in [4.69, 9.17) is 0 Å². The molecule has 2 heterocycles. The summed E-state index contributed by atoms with van der Waals surface area (Å²) in [5.74, 6) is -0.699. The SMILES string of the molecule is O=C1C[C@H]([NH2+]C2CCCCCC2)C(=O)N1c1ccc(N2C(=O)C[C@@H]([NH2+]C3CCCCCC3)C2=O)cc1. The average Bonchev–Trinajstić information content (AvgIpc) is 3.12. The quantitative estimate of drug-likeness (QED) is 0.460. The first-order chi connectivity index (χ1) is 17.5. The monoisotopic (exact) mass is 496 g/mol. The van der Waals surface area contributed by atoms with Gasteiger partial charge in [0.25, 0.3) is 11.8 Å². The Labute approximate surface area is 213 Å². The number of carbonyl (C=O) groups excluding carboxylic acids is 4. The zero-order valence-corrected chi connectivity index (χ0v) is 21.2. The van der Waals surface area contributed by atoms with Gasteiger partial charge in [0.1, 0.15) is 0 Å². The lowest BCUT2D eigenvalue weighted by Gasteiger charge is -2.19. The Balaban J connectivity index is 1.23. The van der Waals surface area contributed by atoms with Crippen molar-refractivity contribution in [3.05, 3.63) is 24.3 Å². The highest BCUT2D eigenvalue weighted by Gasteiger charge is 2.45. The van der Waals surface area contributed by atoms with Crippen LogP contribution in [0.5, 0.6) is 0 Å². The molecule has 2 aliphatic carbocycles. The summed E-state index contributed by atoms with van der Waals surface area (Å²) in [7, 11) is 0. The van der Waals surface area contributed by atoms with Crippen LogP contribution in [0.25, 0.3) is 0 Å². The molecule has 2 saturated carbocycles. The van der Waals surface area contributed by atoms with E-state index in [1.165, 1.54) is 61.2 Å². The van der Waals surface area contributed by atoms with Crippen molar-refractivity contribution in [1.82, 2.24) is 0 Å². The van der Waals surface area contributed by atoms with E-state index in [0.717, 1.165) is 25.7 Å². The van der Waals surface area contributed by atoms with Crippen LogP contribution >= 0.6 is 0 Å². The highest BCUT2D eigenvalue weighted by molar-refractivity contribution is 6.23. The van der Waals surface area contributed by atoms with Crippen molar-refractivity contribution >= 4 is 35.0 Å². The number of carbonyl (C=O) groups is 4. The highest BCUT2D eigenvalue weighted by Crippen LogP contribution is 2.28. The van der Waals surface area contributed by atoms with Gasteiger partial charge in [-0.3, -0.25) is 19.2 Å². The maximum atomic E-state index is 13.1. The van der Waals surface area contributed by atoms with Gasteiger partial charge in [0.15, 0.2) is 12.1 Å². The summed E-state index contributed by atoms with van der Waals surface area (Å²) >= 11 is 0. The predicted octanol–water partition coefficient (Wildman–Crippen LogP) is 1.52. The fraction of sp³-hybridized carbons (Fsp3) is 0.643. The molecule has 2 saturated heterocycles. The molecule has 8 nitrogen and oxygen atoms in total. The van der Waals surface area contributed by atoms with Gasteiger partial charge in [-0.15, -0.1) is 0 Å². The third-order valence-corrected chi connectivity index (χ3v) is 8.54. The molecule has 2 aliphatic heterocycles. The number of hydrogen-bond acceptors (Lipinski definition) is 4. The number of hydrogen-bond donors (Lipinski definition) is 2. The van der Waals surface area contributed by atoms with Crippen LogP contribution in [0.4, 0.5) is 11.4 Å². The van der Waals surface area contributed by atoms with Crippen molar-refractivity contribution in [1.29, 1.82) is 0 Å². The van der Waals surface area contributed by atoms with Crippen LogP contribution in [0.15, 0.2) is 24.3 Å². The van der Waals surface area contributed by atoms with Gasteiger partial charge in [0.05, 0.1) is 36.3 Å². The minimum absolute atomic E-state index is 0.164. The normalized spacial score (nSPS) is 27.1. The first-order valence-corrected chi connectivity index (χ1v) is 14.0. The Bertz CT molecular complexity index is 899. The van der Waals surface area contributed by atoms with E-state index in [2.05, 4.69) is 10.6 Å². The minimum Gasteiger partial charge on any atom is -0.333 e. The van der Waals surface area contributed by atoms with E-state index in [9.17, 15) is 19.2 Å². The number of imide groups is 2. The number of anilines is 2. The smallest absolute Gasteiger partial charge is 0.292 e. The summed E-state index contributed by atoms with van der Waals surface area (Å²) < 4.78 is 0. The summed E-state index contributed by atoms with van der Waals surface area (Å²) in [6.45, 7) is 0. The minimum atomic E-state index is -0.359. The first kappa shape index (κ1) is 25.1. The van der Waals surface area contributed by atoms with Gasteiger partial charge in [-0.2, -0.15) is 0 Å². The van der Waals surface area contributed by atoms with Crippen LogP contribution < -0.4 is 20.4 Å². The largest absolute Gasteiger partial charge is 0.333 e. The van der Waals surface area contributed by atoms with Gasteiger partial charge < -0.3 is 10.6 Å². The van der Waals surface area contributed by atoms with E-state index in [1.54, 1.807) is 24.3 Å². The molecule has 1 aromatic rings. The molecule has 0 aromatic heterocycles. The van der Waals surface area contributed by atoms with E-state index in [0.29, 0.717) is 23.5 Å². The van der Waals surface area contributed by atoms with E-state index >= 15 is 0 Å². The Morgan fingerprint density at radius 1 is 0.528 bits per heavy atom. The van der Waals surface area contributed by atoms with Crippen molar-refractivity contribution in [2.75, 3.05) is 9.80 Å². The van der Waals surface area contributed by atoms with Crippen molar-refractivity contribution in [2.24, 2.45) is 0 Å². The van der Waals surface area contributed by atoms with Crippen LogP contribution in [0, 0.1) is 0 Å². The molecule has 194 valence electrons. The topological polar surface area (TPSA) is 108 Å².